The van der Waals surface area contributed by atoms with E-state index in [1.54, 1.807) is 23.5 Å². The lowest BCUT2D eigenvalue weighted by atomic mass is 10.1. The third kappa shape index (κ3) is 2.36. The third-order valence-corrected chi connectivity index (χ3v) is 5.53. The molecule has 2 N–H and O–H groups in total. The van der Waals surface area contributed by atoms with Gasteiger partial charge in [-0.15, -0.1) is 11.3 Å². The summed E-state index contributed by atoms with van der Waals surface area (Å²) in [6.45, 7) is 6.95. The number of hydrogen-bond donors (Lipinski definition) is 1. The zero-order valence-corrected chi connectivity index (χ0v) is 12.8. The average molecular weight is 292 g/mol. The third-order valence-electron chi connectivity index (χ3n) is 4.31. The highest BCUT2D eigenvalue weighted by Crippen LogP contribution is 2.35. The van der Waals surface area contributed by atoms with Gasteiger partial charge in [0.2, 0.25) is 0 Å². The van der Waals surface area contributed by atoms with Gasteiger partial charge in [0.05, 0.1) is 0 Å². The van der Waals surface area contributed by atoms with Crippen LogP contribution in [0.15, 0.2) is 18.2 Å². The number of hydrogen-bond acceptors (Lipinski definition) is 3. The van der Waals surface area contributed by atoms with Gasteiger partial charge < -0.3 is 5.73 Å². The fraction of sp³-hybridized carbons (Fsp3) is 0.500. The van der Waals surface area contributed by atoms with Crippen molar-refractivity contribution in [3.05, 3.63) is 34.5 Å². The van der Waals surface area contributed by atoms with Crippen LogP contribution in [0.3, 0.4) is 0 Å². The van der Waals surface area contributed by atoms with E-state index in [4.69, 9.17) is 5.73 Å². The minimum absolute atomic E-state index is 0.117. The molecule has 3 rings (SSSR count). The normalized spacial score (nSPS) is 23.8. The molecule has 2 heterocycles. The highest BCUT2D eigenvalue weighted by atomic mass is 32.1. The summed E-state index contributed by atoms with van der Waals surface area (Å²) in [5.41, 5.74) is 6.97. The van der Waals surface area contributed by atoms with E-state index in [0.29, 0.717) is 12.6 Å². The van der Waals surface area contributed by atoms with Crippen molar-refractivity contribution in [2.24, 2.45) is 11.7 Å². The van der Waals surface area contributed by atoms with Crippen LogP contribution in [-0.4, -0.2) is 17.5 Å². The van der Waals surface area contributed by atoms with Crippen molar-refractivity contribution >= 4 is 21.4 Å². The predicted octanol–water partition coefficient (Wildman–Crippen LogP) is 3.73. The minimum Gasteiger partial charge on any atom is -0.326 e. The molecule has 0 amide bonds. The van der Waals surface area contributed by atoms with Gasteiger partial charge in [-0.25, -0.2) is 4.39 Å². The molecule has 0 radical (unpaired) electrons. The zero-order valence-electron chi connectivity index (χ0n) is 12.0. The van der Waals surface area contributed by atoms with Gasteiger partial charge in [-0.1, -0.05) is 13.0 Å². The molecule has 1 aromatic carbocycles. The second kappa shape index (κ2) is 5.43. The molecule has 1 aliphatic heterocycles. The molecule has 1 aromatic heterocycles. The number of halogens is 1. The molecule has 2 aromatic rings. The molecule has 108 valence electrons. The average Bonchev–Trinajstić information content (AvgIpc) is 2.92. The second-order valence-electron chi connectivity index (χ2n) is 5.94. The SMILES string of the molecule is CC1CC(C)N(Cc2c(CN)sc3cccc(F)c23)C1. The van der Waals surface area contributed by atoms with E-state index in [-0.39, 0.29) is 5.82 Å². The maximum Gasteiger partial charge on any atom is 0.132 e. The predicted molar refractivity (Wildman–Crippen MR) is 83.3 cm³/mol. The van der Waals surface area contributed by atoms with Crippen molar-refractivity contribution in [2.75, 3.05) is 6.54 Å². The van der Waals surface area contributed by atoms with E-state index < -0.39 is 0 Å². The smallest absolute Gasteiger partial charge is 0.132 e. The Hall–Kier alpha value is -0.970. The van der Waals surface area contributed by atoms with E-state index >= 15 is 0 Å². The maximum absolute atomic E-state index is 14.2. The summed E-state index contributed by atoms with van der Waals surface area (Å²) in [7, 11) is 0. The summed E-state index contributed by atoms with van der Waals surface area (Å²) in [5, 5.41) is 0.782. The highest BCUT2D eigenvalue weighted by Gasteiger charge is 2.27. The first-order valence-electron chi connectivity index (χ1n) is 7.23. The quantitative estimate of drug-likeness (QED) is 0.934. The van der Waals surface area contributed by atoms with Gasteiger partial charge in [-0.3, -0.25) is 4.90 Å². The fourth-order valence-electron chi connectivity index (χ4n) is 3.36. The number of thiophene rings is 1. The van der Waals surface area contributed by atoms with Crippen LogP contribution in [-0.2, 0) is 13.1 Å². The lowest BCUT2D eigenvalue weighted by molar-refractivity contribution is 0.257. The Bertz CT molecular complexity index is 622. The topological polar surface area (TPSA) is 29.3 Å². The van der Waals surface area contributed by atoms with Crippen LogP contribution >= 0.6 is 11.3 Å². The number of fused-ring (bicyclic) bond motifs is 1. The standard InChI is InChI=1S/C16H21FN2S/c1-10-6-11(2)19(8-10)9-12-15(7-18)20-14-5-3-4-13(17)16(12)14/h3-5,10-11H,6-9,18H2,1-2H3. The molecule has 1 saturated heterocycles. The minimum atomic E-state index is -0.117. The van der Waals surface area contributed by atoms with Gasteiger partial charge >= 0.3 is 0 Å². The van der Waals surface area contributed by atoms with Crippen molar-refractivity contribution < 1.29 is 4.39 Å². The van der Waals surface area contributed by atoms with Crippen LogP contribution < -0.4 is 5.73 Å². The Balaban J connectivity index is 2.01. The van der Waals surface area contributed by atoms with E-state index in [1.807, 2.05) is 6.07 Å². The molecule has 20 heavy (non-hydrogen) atoms. The van der Waals surface area contributed by atoms with E-state index in [1.165, 1.54) is 6.42 Å². The Morgan fingerprint density at radius 1 is 1.40 bits per heavy atom. The number of nitrogens with two attached hydrogens (primary N) is 1. The van der Waals surface area contributed by atoms with Crippen molar-refractivity contribution in [3.8, 4) is 0 Å². The van der Waals surface area contributed by atoms with Gasteiger partial charge in [0.1, 0.15) is 5.82 Å². The molecule has 0 saturated carbocycles. The van der Waals surface area contributed by atoms with Crippen molar-refractivity contribution in [2.45, 2.75) is 39.4 Å². The first-order valence-corrected chi connectivity index (χ1v) is 8.04. The van der Waals surface area contributed by atoms with Gasteiger partial charge in [-0.2, -0.15) is 0 Å². The van der Waals surface area contributed by atoms with Crippen LogP contribution in [0.1, 0.15) is 30.7 Å². The molecule has 1 aliphatic rings. The summed E-state index contributed by atoms with van der Waals surface area (Å²) >= 11 is 1.63. The van der Waals surface area contributed by atoms with Gasteiger partial charge in [0.25, 0.3) is 0 Å². The molecule has 2 unspecified atom stereocenters. The Morgan fingerprint density at radius 3 is 2.85 bits per heavy atom. The molecule has 0 bridgehead atoms. The first kappa shape index (κ1) is 14.0. The molecule has 2 atom stereocenters. The first-order chi connectivity index (χ1) is 9.60. The second-order valence-corrected chi connectivity index (χ2v) is 7.08. The van der Waals surface area contributed by atoms with Crippen molar-refractivity contribution in [1.29, 1.82) is 0 Å². The van der Waals surface area contributed by atoms with Gasteiger partial charge in [-0.05, 0) is 37.0 Å². The lowest BCUT2D eigenvalue weighted by Gasteiger charge is -2.21. The zero-order chi connectivity index (χ0) is 14.3. The molecule has 1 fully saturated rings. The Labute approximate surface area is 123 Å². The highest BCUT2D eigenvalue weighted by molar-refractivity contribution is 7.19. The Kier molecular flexibility index (Phi) is 3.80. The van der Waals surface area contributed by atoms with Crippen LogP contribution in [0.4, 0.5) is 4.39 Å². The molecule has 4 heteroatoms. The van der Waals surface area contributed by atoms with Crippen molar-refractivity contribution in [3.63, 3.8) is 0 Å². The fourth-order valence-corrected chi connectivity index (χ4v) is 4.47. The number of likely N-dealkylation sites (tertiary alicyclic amines) is 1. The molecule has 2 nitrogen and oxygen atoms in total. The van der Waals surface area contributed by atoms with Crippen LogP contribution in [0.2, 0.25) is 0 Å². The molecule has 0 aliphatic carbocycles. The maximum atomic E-state index is 14.2. The largest absolute Gasteiger partial charge is 0.326 e. The molecular formula is C16H21FN2S. The molecular weight excluding hydrogens is 271 g/mol. The number of nitrogens with zero attached hydrogens (tertiary/aromatic N) is 1. The van der Waals surface area contributed by atoms with E-state index in [2.05, 4.69) is 18.7 Å². The molecule has 0 spiro atoms. The van der Waals surface area contributed by atoms with Gasteiger partial charge in [0.15, 0.2) is 0 Å². The number of benzene rings is 1. The van der Waals surface area contributed by atoms with Crippen molar-refractivity contribution in [1.82, 2.24) is 4.90 Å². The van der Waals surface area contributed by atoms with Crippen LogP contribution in [0.25, 0.3) is 10.1 Å². The van der Waals surface area contributed by atoms with E-state index in [0.717, 1.165) is 39.5 Å². The lowest BCUT2D eigenvalue weighted by Crippen LogP contribution is -2.27. The van der Waals surface area contributed by atoms with Gasteiger partial charge in [0, 0.05) is 40.6 Å². The number of rotatable bonds is 3. The summed E-state index contributed by atoms with van der Waals surface area (Å²) in [5.74, 6) is 0.606. The van der Waals surface area contributed by atoms with E-state index in [9.17, 15) is 4.39 Å². The Morgan fingerprint density at radius 2 is 2.20 bits per heavy atom. The van der Waals surface area contributed by atoms with Crippen LogP contribution in [0.5, 0.6) is 0 Å². The summed E-state index contributed by atoms with van der Waals surface area (Å²) in [4.78, 5) is 3.58. The van der Waals surface area contributed by atoms with Crippen LogP contribution in [0, 0.1) is 11.7 Å². The summed E-state index contributed by atoms with van der Waals surface area (Å²) < 4.78 is 15.2. The summed E-state index contributed by atoms with van der Waals surface area (Å²) in [6.07, 6.45) is 1.22. The summed E-state index contributed by atoms with van der Waals surface area (Å²) in [6, 6.07) is 5.88. The monoisotopic (exact) mass is 292 g/mol.